The van der Waals surface area contributed by atoms with E-state index >= 15 is 0 Å². The lowest BCUT2D eigenvalue weighted by Crippen LogP contribution is -2.41. The van der Waals surface area contributed by atoms with Gasteiger partial charge in [0.15, 0.2) is 5.78 Å². The fourth-order valence-corrected chi connectivity index (χ4v) is 3.35. The van der Waals surface area contributed by atoms with Crippen LogP contribution >= 0.6 is 0 Å². The van der Waals surface area contributed by atoms with Gasteiger partial charge in [-0.15, -0.1) is 0 Å². The Morgan fingerprint density at radius 2 is 1.65 bits per heavy atom. The summed E-state index contributed by atoms with van der Waals surface area (Å²) in [6.07, 6.45) is 6.93. The van der Waals surface area contributed by atoms with E-state index in [4.69, 9.17) is 4.74 Å². The summed E-state index contributed by atoms with van der Waals surface area (Å²) in [5.41, 5.74) is 3.06. The molecule has 1 fully saturated rings. The highest BCUT2D eigenvalue weighted by atomic mass is 16.5. The molecule has 0 aromatic heterocycles. The number of aryl methyl sites for hydroxylation is 2. The normalized spacial score (nSPS) is 18.6. The van der Waals surface area contributed by atoms with Gasteiger partial charge in [-0.3, -0.25) is 4.79 Å². The van der Waals surface area contributed by atoms with Gasteiger partial charge in [-0.2, -0.15) is 0 Å². The molecule has 0 saturated heterocycles. The minimum absolute atomic E-state index is 0.263. The number of ketones is 1. The molecule has 0 atom stereocenters. The van der Waals surface area contributed by atoms with Crippen molar-refractivity contribution in [2.45, 2.75) is 64.4 Å². The Morgan fingerprint density at radius 3 is 2.15 bits per heavy atom. The van der Waals surface area contributed by atoms with Crippen LogP contribution in [0.2, 0.25) is 0 Å². The van der Waals surface area contributed by atoms with Gasteiger partial charge in [0.2, 0.25) is 0 Å². The minimum Gasteiger partial charge on any atom is -0.370 e. The first-order valence-electron chi connectivity index (χ1n) is 7.72. The van der Waals surface area contributed by atoms with Gasteiger partial charge in [0, 0.05) is 13.5 Å². The molecule has 2 rings (SSSR count). The molecule has 0 aliphatic heterocycles. The van der Waals surface area contributed by atoms with Crippen LogP contribution in [0.1, 0.15) is 55.2 Å². The Bertz CT molecular complexity index is 448. The third-order valence-electron chi connectivity index (χ3n) is 4.79. The molecule has 1 aliphatic rings. The summed E-state index contributed by atoms with van der Waals surface area (Å²) in [5, 5.41) is 0. The van der Waals surface area contributed by atoms with E-state index in [0.717, 1.165) is 25.7 Å². The molecule has 0 spiro atoms. The van der Waals surface area contributed by atoms with Crippen LogP contribution in [0.25, 0.3) is 0 Å². The van der Waals surface area contributed by atoms with Gasteiger partial charge in [0.25, 0.3) is 0 Å². The number of ether oxygens (including phenoxy) is 1. The minimum atomic E-state index is -0.536. The predicted molar refractivity (Wildman–Crippen MR) is 82.1 cm³/mol. The second-order valence-corrected chi connectivity index (χ2v) is 6.08. The van der Waals surface area contributed by atoms with E-state index in [2.05, 4.69) is 32.0 Å². The third kappa shape index (κ3) is 3.12. The highest BCUT2D eigenvalue weighted by Crippen LogP contribution is 2.32. The largest absolute Gasteiger partial charge is 0.370 e. The molecule has 0 unspecified atom stereocenters. The lowest BCUT2D eigenvalue weighted by atomic mass is 9.84. The van der Waals surface area contributed by atoms with Crippen molar-refractivity contribution in [2.75, 3.05) is 7.11 Å². The van der Waals surface area contributed by atoms with E-state index in [1.165, 1.54) is 29.5 Å². The van der Waals surface area contributed by atoms with Crippen LogP contribution in [0.5, 0.6) is 0 Å². The smallest absolute Gasteiger partial charge is 0.168 e. The maximum Gasteiger partial charge on any atom is 0.168 e. The van der Waals surface area contributed by atoms with E-state index in [1.807, 2.05) is 0 Å². The zero-order chi connectivity index (χ0) is 14.6. The lowest BCUT2D eigenvalue weighted by Gasteiger charge is -2.30. The van der Waals surface area contributed by atoms with Crippen molar-refractivity contribution < 1.29 is 9.53 Å². The van der Waals surface area contributed by atoms with Crippen molar-refractivity contribution >= 4 is 5.78 Å². The first-order valence-corrected chi connectivity index (χ1v) is 7.72. The van der Waals surface area contributed by atoms with Crippen LogP contribution in [0.3, 0.4) is 0 Å². The molecule has 2 nitrogen and oxygen atoms in total. The van der Waals surface area contributed by atoms with E-state index in [1.54, 1.807) is 7.11 Å². The number of benzene rings is 1. The van der Waals surface area contributed by atoms with Crippen LogP contribution in [-0.2, 0) is 16.0 Å². The molecule has 1 aliphatic carbocycles. The Kier molecular flexibility index (Phi) is 4.98. The molecule has 20 heavy (non-hydrogen) atoms. The molecule has 110 valence electrons. The fraction of sp³-hybridized carbons (Fsp3) is 0.611. The van der Waals surface area contributed by atoms with Crippen LogP contribution in [0, 0.1) is 13.8 Å². The quantitative estimate of drug-likeness (QED) is 0.771. The number of carbonyl (C=O) groups excluding carboxylic acids is 1. The van der Waals surface area contributed by atoms with Gasteiger partial charge in [-0.25, -0.2) is 0 Å². The number of hydrogen-bond acceptors (Lipinski definition) is 2. The number of rotatable bonds is 4. The first kappa shape index (κ1) is 15.2. The second-order valence-electron chi connectivity index (χ2n) is 6.08. The van der Waals surface area contributed by atoms with Crippen LogP contribution in [0.4, 0.5) is 0 Å². The van der Waals surface area contributed by atoms with Gasteiger partial charge in [0.1, 0.15) is 5.60 Å². The fourth-order valence-electron chi connectivity index (χ4n) is 3.35. The molecule has 0 N–H and O–H groups in total. The Morgan fingerprint density at radius 1 is 1.10 bits per heavy atom. The summed E-state index contributed by atoms with van der Waals surface area (Å²) in [6, 6.07) is 6.22. The van der Waals surface area contributed by atoms with Crippen molar-refractivity contribution in [3.05, 3.63) is 34.9 Å². The summed E-state index contributed by atoms with van der Waals surface area (Å²) < 4.78 is 5.72. The number of hydrogen-bond donors (Lipinski definition) is 0. The summed E-state index contributed by atoms with van der Waals surface area (Å²) in [4.78, 5) is 12.9. The van der Waals surface area contributed by atoms with E-state index in [0.29, 0.717) is 6.42 Å². The molecule has 1 aromatic carbocycles. The lowest BCUT2D eigenvalue weighted by molar-refractivity contribution is -0.142. The van der Waals surface area contributed by atoms with E-state index < -0.39 is 5.60 Å². The highest BCUT2D eigenvalue weighted by Gasteiger charge is 2.38. The van der Waals surface area contributed by atoms with Gasteiger partial charge < -0.3 is 4.74 Å². The van der Waals surface area contributed by atoms with Crippen molar-refractivity contribution in [2.24, 2.45) is 0 Å². The Hall–Kier alpha value is -1.15. The van der Waals surface area contributed by atoms with Crippen LogP contribution in [0.15, 0.2) is 18.2 Å². The van der Waals surface area contributed by atoms with Gasteiger partial charge in [0.05, 0.1) is 0 Å². The first-order chi connectivity index (χ1) is 9.59. The second kappa shape index (κ2) is 6.53. The number of Topliss-reactive ketones (excluding diaryl/α,β-unsaturated/α-hetero) is 1. The average Bonchev–Trinajstić information content (AvgIpc) is 2.69. The summed E-state index contributed by atoms with van der Waals surface area (Å²) >= 11 is 0. The number of carbonyl (C=O) groups is 1. The maximum absolute atomic E-state index is 12.9. The van der Waals surface area contributed by atoms with Crippen molar-refractivity contribution in [3.8, 4) is 0 Å². The summed E-state index contributed by atoms with van der Waals surface area (Å²) in [7, 11) is 1.70. The topological polar surface area (TPSA) is 26.3 Å². The van der Waals surface area contributed by atoms with Crippen molar-refractivity contribution in [1.82, 2.24) is 0 Å². The summed E-state index contributed by atoms with van der Waals surface area (Å²) in [5.74, 6) is 0.263. The molecule has 0 bridgehead atoms. The SMILES string of the molecule is COC1(C(=O)Cc2c(C)cccc2C)CCCCCC1. The molecule has 0 amide bonds. The molecule has 1 saturated carbocycles. The Balaban J connectivity index is 2.21. The number of methoxy groups -OCH3 is 1. The predicted octanol–water partition coefficient (Wildman–Crippen LogP) is 4.15. The average molecular weight is 274 g/mol. The van der Waals surface area contributed by atoms with E-state index in [-0.39, 0.29) is 5.78 Å². The molecule has 2 heteroatoms. The van der Waals surface area contributed by atoms with Gasteiger partial charge in [-0.05, 0) is 43.4 Å². The molecular formula is C18H26O2. The molecular weight excluding hydrogens is 248 g/mol. The van der Waals surface area contributed by atoms with Crippen molar-refractivity contribution in [3.63, 3.8) is 0 Å². The van der Waals surface area contributed by atoms with Gasteiger partial charge in [-0.1, -0.05) is 43.9 Å². The van der Waals surface area contributed by atoms with Crippen LogP contribution in [-0.4, -0.2) is 18.5 Å². The highest BCUT2D eigenvalue weighted by molar-refractivity contribution is 5.89. The standard InChI is InChI=1S/C18H26O2/c1-14-9-8-10-15(2)16(14)13-17(19)18(20-3)11-6-4-5-7-12-18/h8-10H,4-7,11-13H2,1-3H3. The molecule has 1 aromatic rings. The Labute approximate surface area is 122 Å². The van der Waals surface area contributed by atoms with Crippen LogP contribution < -0.4 is 0 Å². The van der Waals surface area contributed by atoms with Gasteiger partial charge >= 0.3 is 0 Å². The third-order valence-corrected chi connectivity index (χ3v) is 4.79. The molecule has 0 heterocycles. The maximum atomic E-state index is 12.9. The monoisotopic (exact) mass is 274 g/mol. The zero-order valence-corrected chi connectivity index (χ0v) is 13.0. The summed E-state index contributed by atoms with van der Waals surface area (Å²) in [6.45, 7) is 4.17. The van der Waals surface area contributed by atoms with Crippen molar-refractivity contribution in [1.29, 1.82) is 0 Å². The zero-order valence-electron chi connectivity index (χ0n) is 13.0. The van der Waals surface area contributed by atoms with E-state index in [9.17, 15) is 4.79 Å². The molecule has 0 radical (unpaired) electrons.